The Hall–Kier alpha value is -2.21. The number of thiazole rings is 1. The van der Waals surface area contributed by atoms with Crippen LogP contribution in [0.15, 0.2) is 60.7 Å². The fraction of sp³-hybridized carbons (Fsp3) is 0. The lowest BCUT2D eigenvalue weighted by atomic mass is 10.3. The van der Waals surface area contributed by atoms with Crippen LogP contribution in [0, 0.1) is 0 Å². The lowest BCUT2D eigenvalue weighted by molar-refractivity contribution is 0.103. The first kappa shape index (κ1) is 15.3. The highest BCUT2D eigenvalue weighted by molar-refractivity contribution is 7.26. The predicted octanol–water partition coefficient (Wildman–Crippen LogP) is 5.93. The maximum Gasteiger partial charge on any atom is 0.265 e. The molecule has 24 heavy (non-hydrogen) atoms. The van der Waals surface area contributed by atoms with Crippen molar-refractivity contribution in [2.75, 3.05) is 5.32 Å². The summed E-state index contributed by atoms with van der Waals surface area (Å²) in [7, 11) is 0. The lowest BCUT2D eigenvalue weighted by Crippen LogP contribution is -2.09. The van der Waals surface area contributed by atoms with E-state index in [1.165, 1.54) is 11.3 Å². The average Bonchev–Trinajstić information content (AvgIpc) is 3.23. The molecule has 6 heteroatoms. The second-order valence-electron chi connectivity index (χ2n) is 5.11. The first-order valence-corrected chi connectivity index (χ1v) is 9.23. The van der Waals surface area contributed by atoms with E-state index in [9.17, 15) is 4.79 Å². The molecular formula is C18H11ClN2OS2. The monoisotopic (exact) mass is 370 g/mol. The molecule has 0 radical (unpaired) electrons. The maximum atomic E-state index is 12.4. The molecule has 0 saturated carbocycles. The summed E-state index contributed by atoms with van der Waals surface area (Å²) in [4.78, 5) is 18.6. The zero-order valence-corrected chi connectivity index (χ0v) is 14.7. The van der Waals surface area contributed by atoms with E-state index in [4.69, 9.17) is 11.6 Å². The van der Waals surface area contributed by atoms with E-state index in [-0.39, 0.29) is 5.91 Å². The minimum atomic E-state index is -0.130. The van der Waals surface area contributed by atoms with Crippen molar-refractivity contribution >= 4 is 56.1 Å². The Morgan fingerprint density at radius 3 is 2.54 bits per heavy atom. The Morgan fingerprint density at radius 2 is 1.75 bits per heavy atom. The third-order valence-corrected chi connectivity index (χ3v) is 5.98. The van der Waals surface area contributed by atoms with Crippen LogP contribution in [0.2, 0.25) is 5.02 Å². The van der Waals surface area contributed by atoms with Crippen LogP contribution in [0.3, 0.4) is 0 Å². The van der Waals surface area contributed by atoms with Crippen molar-refractivity contribution in [3.63, 3.8) is 0 Å². The number of nitrogens with one attached hydrogen (secondary N) is 1. The van der Waals surface area contributed by atoms with Crippen molar-refractivity contribution < 1.29 is 4.79 Å². The van der Waals surface area contributed by atoms with E-state index < -0.39 is 0 Å². The smallest absolute Gasteiger partial charge is 0.265 e. The number of rotatable bonds is 3. The van der Waals surface area contributed by atoms with Crippen LogP contribution >= 0.6 is 34.3 Å². The highest BCUT2D eigenvalue weighted by atomic mass is 35.5. The summed E-state index contributed by atoms with van der Waals surface area (Å²) >= 11 is 8.93. The number of amides is 1. The van der Waals surface area contributed by atoms with Crippen molar-refractivity contribution in [1.29, 1.82) is 0 Å². The van der Waals surface area contributed by atoms with Gasteiger partial charge in [0.1, 0.15) is 5.01 Å². The normalized spacial score (nSPS) is 10.9. The van der Waals surface area contributed by atoms with Gasteiger partial charge >= 0.3 is 0 Å². The number of fused-ring (bicyclic) bond motifs is 1. The Balaban J connectivity index is 1.57. The number of para-hydroxylation sites is 1. The molecule has 2 heterocycles. The Morgan fingerprint density at radius 1 is 0.958 bits per heavy atom. The van der Waals surface area contributed by atoms with Gasteiger partial charge < -0.3 is 5.32 Å². The van der Waals surface area contributed by atoms with Gasteiger partial charge in [-0.05, 0) is 48.5 Å². The van der Waals surface area contributed by atoms with Crippen molar-refractivity contribution in [1.82, 2.24) is 4.98 Å². The molecular weight excluding hydrogens is 360 g/mol. The summed E-state index contributed by atoms with van der Waals surface area (Å²) < 4.78 is 1.15. The minimum Gasteiger partial charge on any atom is -0.321 e. The fourth-order valence-electron chi connectivity index (χ4n) is 2.28. The molecule has 0 unspecified atom stereocenters. The highest BCUT2D eigenvalue weighted by Gasteiger charge is 2.13. The van der Waals surface area contributed by atoms with E-state index in [0.717, 1.165) is 25.8 Å². The molecule has 2 aromatic carbocycles. The van der Waals surface area contributed by atoms with Gasteiger partial charge in [-0.2, -0.15) is 0 Å². The Labute approximate surface area is 151 Å². The minimum absolute atomic E-state index is 0.130. The van der Waals surface area contributed by atoms with E-state index in [1.54, 1.807) is 35.6 Å². The molecule has 0 aliphatic rings. The van der Waals surface area contributed by atoms with Crippen molar-refractivity contribution in [3.05, 3.63) is 70.6 Å². The third kappa shape index (κ3) is 3.06. The van der Waals surface area contributed by atoms with Gasteiger partial charge in [0.15, 0.2) is 0 Å². The van der Waals surface area contributed by atoms with Gasteiger partial charge in [-0.15, -0.1) is 22.7 Å². The Kier molecular flexibility index (Phi) is 4.06. The second-order valence-corrected chi connectivity index (χ2v) is 7.66. The molecule has 1 N–H and O–H groups in total. The van der Waals surface area contributed by atoms with Crippen molar-refractivity contribution in [3.8, 4) is 9.88 Å². The standard InChI is InChI=1S/C18H11ClN2OS2/c19-11-5-7-12(8-6-11)20-17(22)15-9-10-16(23-15)18-21-13-3-1-2-4-14(13)24-18/h1-10H,(H,20,22). The van der Waals surface area contributed by atoms with Crippen LogP contribution in [-0.2, 0) is 0 Å². The molecule has 0 aliphatic carbocycles. The number of carbonyl (C=O) groups excluding carboxylic acids is 1. The topological polar surface area (TPSA) is 42.0 Å². The van der Waals surface area contributed by atoms with E-state index in [1.807, 2.05) is 30.3 Å². The summed E-state index contributed by atoms with van der Waals surface area (Å²) in [5, 5.41) is 4.45. The quantitative estimate of drug-likeness (QED) is 0.485. The average molecular weight is 371 g/mol. The number of halogens is 1. The number of hydrogen-bond acceptors (Lipinski definition) is 4. The number of thiophene rings is 1. The van der Waals surface area contributed by atoms with Gasteiger partial charge in [0.05, 0.1) is 20.0 Å². The molecule has 4 rings (SSSR count). The van der Waals surface area contributed by atoms with E-state index >= 15 is 0 Å². The summed E-state index contributed by atoms with van der Waals surface area (Å²) in [6.07, 6.45) is 0. The lowest BCUT2D eigenvalue weighted by Gasteiger charge is -2.02. The maximum absolute atomic E-state index is 12.4. The summed E-state index contributed by atoms with van der Waals surface area (Å²) in [5.41, 5.74) is 1.71. The first-order valence-electron chi connectivity index (χ1n) is 7.22. The number of aromatic nitrogens is 1. The van der Waals surface area contributed by atoms with Crippen LogP contribution in [0.4, 0.5) is 5.69 Å². The molecule has 0 fully saturated rings. The summed E-state index contributed by atoms with van der Waals surface area (Å²) in [6, 6.07) is 18.9. The Bertz CT molecular complexity index is 988. The van der Waals surface area contributed by atoms with Crippen molar-refractivity contribution in [2.24, 2.45) is 0 Å². The third-order valence-electron chi connectivity index (χ3n) is 3.44. The molecule has 0 spiro atoms. The van der Waals surface area contributed by atoms with Crippen LogP contribution < -0.4 is 5.32 Å². The van der Waals surface area contributed by atoms with Gasteiger partial charge in [0.2, 0.25) is 0 Å². The van der Waals surface area contributed by atoms with Gasteiger partial charge in [-0.25, -0.2) is 4.98 Å². The number of anilines is 1. The fourth-order valence-corrected chi connectivity index (χ4v) is 4.33. The van der Waals surface area contributed by atoms with Gasteiger partial charge in [-0.3, -0.25) is 4.79 Å². The zero-order valence-electron chi connectivity index (χ0n) is 12.3. The number of hydrogen-bond donors (Lipinski definition) is 1. The molecule has 0 saturated heterocycles. The van der Waals surface area contributed by atoms with Gasteiger partial charge in [0.25, 0.3) is 5.91 Å². The first-order chi connectivity index (χ1) is 11.7. The molecule has 0 aliphatic heterocycles. The van der Waals surface area contributed by atoms with Crippen LogP contribution in [-0.4, -0.2) is 10.9 Å². The molecule has 2 aromatic heterocycles. The van der Waals surface area contributed by atoms with E-state index in [0.29, 0.717) is 9.90 Å². The van der Waals surface area contributed by atoms with Crippen molar-refractivity contribution in [2.45, 2.75) is 0 Å². The molecule has 0 bridgehead atoms. The number of nitrogens with zero attached hydrogens (tertiary/aromatic N) is 1. The van der Waals surface area contributed by atoms with E-state index in [2.05, 4.69) is 16.4 Å². The highest BCUT2D eigenvalue weighted by Crippen LogP contribution is 2.34. The predicted molar refractivity (Wildman–Crippen MR) is 102 cm³/mol. The SMILES string of the molecule is O=C(Nc1ccc(Cl)cc1)c1ccc(-c2nc3ccccc3s2)s1. The number of benzene rings is 2. The second kappa shape index (κ2) is 6.36. The number of carbonyl (C=O) groups is 1. The summed E-state index contributed by atoms with van der Waals surface area (Å²) in [5.74, 6) is -0.130. The summed E-state index contributed by atoms with van der Waals surface area (Å²) in [6.45, 7) is 0. The molecule has 3 nitrogen and oxygen atoms in total. The van der Waals surface area contributed by atoms with Crippen LogP contribution in [0.25, 0.3) is 20.1 Å². The van der Waals surface area contributed by atoms with Crippen LogP contribution in [0.1, 0.15) is 9.67 Å². The largest absolute Gasteiger partial charge is 0.321 e. The molecule has 1 amide bonds. The van der Waals surface area contributed by atoms with Gasteiger partial charge in [-0.1, -0.05) is 23.7 Å². The molecule has 0 atom stereocenters. The zero-order chi connectivity index (χ0) is 16.5. The molecule has 4 aromatic rings. The molecule has 118 valence electrons. The van der Waals surface area contributed by atoms with Crippen LogP contribution in [0.5, 0.6) is 0 Å². The van der Waals surface area contributed by atoms with Gasteiger partial charge in [0, 0.05) is 10.7 Å².